The number of esters is 1. The third kappa shape index (κ3) is 13.3. The molecule has 1 amide bonds. The number of anilines is 1. The van der Waals surface area contributed by atoms with Crippen molar-refractivity contribution >= 4 is 69.6 Å². The van der Waals surface area contributed by atoms with Gasteiger partial charge in [0, 0.05) is 5.56 Å². The molecule has 0 spiro atoms. The molecule has 1 aliphatic rings. The van der Waals surface area contributed by atoms with Crippen molar-refractivity contribution in [3.05, 3.63) is 104 Å². The van der Waals surface area contributed by atoms with E-state index in [0.29, 0.717) is 23.4 Å². The van der Waals surface area contributed by atoms with Crippen molar-refractivity contribution in [2.75, 3.05) is 11.6 Å². The van der Waals surface area contributed by atoms with Crippen LogP contribution in [0.25, 0.3) is 0 Å². The number of ether oxygens (including phenoxy) is 2. The standard InChI is InChI=1S/C48H58Cl3N5O6/c1-7-8-9-10-11-12-13-14-15-16-17-35(62-34-20-23-42(58)36(28-34)48(4,5)6)29-61-47(60)32-18-21-37(49)40(27-32)52-45-43(54-53-33-19-22-41(57)31(3)26-33)46(59)56(55-45)44-38(50)24-30(2)25-39(44)51/h18-28,35,43,57-58H,7-17,29H2,1-6H3,(H,52,55). The number of benzene rings is 4. The third-order valence-electron chi connectivity index (χ3n) is 10.6. The van der Waals surface area contributed by atoms with Gasteiger partial charge in [0.15, 0.2) is 5.84 Å². The van der Waals surface area contributed by atoms with Crippen LogP contribution in [0.1, 0.15) is 125 Å². The van der Waals surface area contributed by atoms with Crippen LogP contribution in [0.15, 0.2) is 82.0 Å². The number of hydrazine groups is 1. The number of hydrogen-bond acceptors (Lipinski definition) is 9. The Morgan fingerprint density at radius 3 is 2.11 bits per heavy atom. The summed E-state index contributed by atoms with van der Waals surface area (Å²) < 4.78 is 12.3. The molecule has 62 heavy (non-hydrogen) atoms. The molecule has 0 radical (unpaired) electrons. The van der Waals surface area contributed by atoms with Crippen LogP contribution in [0.4, 0.5) is 17.1 Å². The van der Waals surface area contributed by atoms with Gasteiger partial charge in [-0.25, -0.2) is 14.8 Å². The summed E-state index contributed by atoms with van der Waals surface area (Å²) in [4.78, 5) is 32.4. The van der Waals surface area contributed by atoms with E-state index in [1.807, 2.05) is 33.8 Å². The van der Waals surface area contributed by atoms with Gasteiger partial charge in [0.05, 0.1) is 32.0 Å². The summed E-state index contributed by atoms with van der Waals surface area (Å²) in [5.74, 6) is -0.272. The molecule has 4 aromatic carbocycles. The van der Waals surface area contributed by atoms with Crippen LogP contribution in [-0.4, -0.2) is 46.7 Å². The summed E-state index contributed by atoms with van der Waals surface area (Å²) >= 11 is 19.8. The zero-order valence-corrected chi connectivity index (χ0v) is 38.7. The van der Waals surface area contributed by atoms with Gasteiger partial charge < -0.3 is 19.7 Å². The van der Waals surface area contributed by atoms with Crippen molar-refractivity contribution in [1.82, 2.24) is 5.43 Å². The summed E-state index contributed by atoms with van der Waals surface area (Å²) in [6.07, 6.45) is 12.1. The number of phenolic OH excluding ortho intramolecular Hbond substituents is 2. The summed E-state index contributed by atoms with van der Waals surface area (Å²) in [5, 5.41) is 31.0. The number of halogens is 3. The number of azo groups is 1. The first-order valence-corrected chi connectivity index (χ1v) is 22.5. The van der Waals surface area contributed by atoms with E-state index in [1.165, 1.54) is 69.2 Å². The maximum atomic E-state index is 14.0. The molecular weight excluding hydrogens is 849 g/mol. The number of amidine groups is 1. The first-order valence-electron chi connectivity index (χ1n) is 21.4. The summed E-state index contributed by atoms with van der Waals surface area (Å²) in [6.45, 7) is 11.8. The van der Waals surface area contributed by atoms with Gasteiger partial charge in [-0.3, -0.25) is 10.2 Å². The Morgan fingerprint density at radius 1 is 0.823 bits per heavy atom. The predicted molar refractivity (Wildman–Crippen MR) is 249 cm³/mol. The first kappa shape index (κ1) is 48.2. The molecule has 2 atom stereocenters. The quantitative estimate of drug-likeness (QED) is 0.0455. The van der Waals surface area contributed by atoms with Gasteiger partial charge in [-0.15, -0.1) is 0 Å². The van der Waals surface area contributed by atoms with Crippen LogP contribution < -0.4 is 15.2 Å². The fourth-order valence-corrected chi connectivity index (χ4v) is 8.01. The Balaban J connectivity index is 1.35. The van der Waals surface area contributed by atoms with E-state index < -0.39 is 24.0 Å². The maximum absolute atomic E-state index is 14.0. The summed E-state index contributed by atoms with van der Waals surface area (Å²) in [5.41, 5.74) is 5.74. The summed E-state index contributed by atoms with van der Waals surface area (Å²) in [6, 6.07) is 16.5. The van der Waals surface area contributed by atoms with E-state index in [9.17, 15) is 19.8 Å². The monoisotopic (exact) mass is 905 g/mol. The topological polar surface area (TPSA) is 145 Å². The highest BCUT2D eigenvalue weighted by Crippen LogP contribution is 2.38. The number of hydrogen-bond donors (Lipinski definition) is 3. The number of aromatic hydroxyl groups is 2. The highest BCUT2D eigenvalue weighted by molar-refractivity contribution is 6.41. The van der Waals surface area contributed by atoms with Crippen molar-refractivity contribution in [3.63, 3.8) is 0 Å². The van der Waals surface area contributed by atoms with E-state index in [2.05, 4.69) is 27.6 Å². The second-order valence-electron chi connectivity index (χ2n) is 16.9. The largest absolute Gasteiger partial charge is 0.508 e. The second kappa shape index (κ2) is 22.5. The lowest BCUT2D eigenvalue weighted by atomic mass is 9.86. The van der Waals surface area contributed by atoms with Crippen LogP contribution in [0.3, 0.4) is 0 Å². The Morgan fingerprint density at radius 2 is 1.47 bits per heavy atom. The highest BCUT2D eigenvalue weighted by atomic mass is 35.5. The molecule has 0 saturated carbocycles. The number of aliphatic imine (C=N–C) groups is 1. The Bertz CT molecular complexity index is 2240. The number of nitrogens with one attached hydrogen (secondary N) is 1. The smallest absolute Gasteiger partial charge is 0.338 e. The van der Waals surface area contributed by atoms with Crippen LogP contribution in [0, 0.1) is 13.8 Å². The summed E-state index contributed by atoms with van der Waals surface area (Å²) in [7, 11) is 0. The Labute approximate surface area is 380 Å². The first-order chi connectivity index (χ1) is 29.5. The van der Waals surface area contributed by atoms with E-state index in [-0.39, 0.29) is 61.4 Å². The van der Waals surface area contributed by atoms with Gasteiger partial charge in [-0.2, -0.15) is 10.2 Å². The molecular formula is C48H58Cl3N5O6. The molecule has 2 unspecified atom stereocenters. The van der Waals surface area contributed by atoms with Crippen molar-refractivity contribution in [3.8, 4) is 17.2 Å². The molecule has 1 saturated heterocycles. The molecule has 11 nitrogen and oxygen atoms in total. The predicted octanol–water partition coefficient (Wildman–Crippen LogP) is 13.6. The van der Waals surface area contributed by atoms with E-state index in [1.54, 1.807) is 43.3 Å². The van der Waals surface area contributed by atoms with Crippen LogP contribution in [0.2, 0.25) is 15.1 Å². The molecule has 332 valence electrons. The number of rotatable bonds is 20. The van der Waals surface area contributed by atoms with E-state index >= 15 is 0 Å². The molecule has 0 aromatic heterocycles. The third-order valence-corrected chi connectivity index (χ3v) is 11.5. The normalized spacial score (nSPS) is 15.4. The second-order valence-corrected chi connectivity index (χ2v) is 18.1. The lowest BCUT2D eigenvalue weighted by Gasteiger charge is -2.23. The maximum Gasteiger partial charge on any atom is 0.338 e. The molecule has 5 rings (SSSR count). The minimum absolute atomic E-state index is 0.0171. The average molecular weight is 907 g/mol. The number of amides is 1. The van der Waals surface area contributed by atoms with Crippen molar-refractivity contribution in [2.24, 2.45) is 15.2 Å². The molecule has 1 aliphatic heterocycles. The lowest BCUT2D eigenvalue weighted by Crippen LogP contribution is -2.36. The highest BCUT2D eigenvalue weighted by Gasteiger charge is 2.41. The van der Waals surface area contributed by atoms with Crippen molar-refractivity contribution in [2.45, 2.75) is 130 Å². The molecule has 3 N–H and O–H groups in total. The number of carbonyl (C=O) groups is 2. The van der Waals surface area contributed by atoms with E-state index in [4.69, 9.17) is 44.3 Å². The van der Waals surface area contributed by atoms with Gasteiger partial charge in [-0.1, -0.05) is 120 Å². The Kier molecular flexibility index (Phi) is 17.5. The number of unbranched alkanes of at least 4 members (excludes halogenated alkanes) is 9. The minimum Gasteiger partial charge on any atom is -0.508 e. The molecule has 14 heteroatoms. The SMILES string of the molecule is CCCCCCCCCCCCC(COC(=O)c1ccc(Cl)c(N=C2NN(c3c(Cl)cc(C)cc3Cl)C(=O)C2N=Nc2ccc(O)c(C)c2)c1)Oc1ccc(O)c(C(C)(C)C)c1. The van der Waals surface area contributed by atoms with Gasteiger partial charge in [0.25, 0.3) is 5.91 Å². The number of aryl methyl sites for hydroxylation is 2. The number of nitrogens with zero attached hydrogens (tertiary/aromatic N) is 4. The molecule has 0 aliphatic carbocycles. The van der Waals surface area contributed by atoms with Gasteiger partial charge >= 0.3 is 5.97 Å². The number of carbonyl (C=O) groups excluding carboxylic acids is 2. The molecule has 4 aromatic rings. The average Bonchev–Trinajstić information content (AvgIpc) is 3.51. The minimum atomic E-state index is -1.29. The van der Waals surface area contributed by atoms with Gasteiger partial charge in [0.1, 0.15) is 35.6 Å². The zero-order chi connectivity index (χ0) is 45.0. The molecule has 1 fully saturated rings. The Hall–Kier alpha value is -4.84. The van der Waals surface area contributed by atoms with Gasteiger partial charge in [0.2, 0.25) is 6.04 Å². The fraction of sp³-hybridized carbons (Fsp3) is 0.438. The zero-order valence-electron chi connectivity index (χ0n) is 36.4. The van der Waals surface area contributed by atoms with Crippen LogP contribution in [-0.2, 0) is 14.9 Å². The van der Waals surface area contributed by atoms with Crippen molar-refractivity contribution < 1.29 is 29.3 Å². The fourth-order valence-electron chi connectivity index (χ4n) is 7.08. The molecule has 1 heterocycles. The van der Waals surface area contributed by atoms with E-state index in [0.717, 1.165) is 35.4 Å². The van der Waals surface area contributed by atoms with Gasteiger partial charge in [-0.05, 0) is 110 Å². The van der Waals surface area contributed by atoms with Crippen molar-refractivity contribution in [1.29, 1.82) is 0 Å². The lowest BCUT2D eigenvalue weighted by molar-refractivity contribution is -0.117. The molecule has 0 bridgehead atoms. The number of phenols is 2. The van der Waals surface area contributed by atoms with Crippen LogP contribution >= 0.6 is 34.8 Å². The van der Waals surface area contributed by atoms with Crippen LogP contribution in [0.5, 0.6) is 17.2 Å².